The Kier molecular flexibility index (Phi) is 3.86. The van der Waals surface area contributed by atoms with E-state index >= 15 is 0 Å². The minimum atomic E-state index is 0.200. The lowest BCUT2D eigenvalue weighted by Crippen LogP contribution is -2.40. The van der Waals surface area contributed by atoms with Crippen LogP contribution in [0, 0.1) is 12.8 Å². The molecule has 128 valence electrons. The van der Waals surface area contributed by atoms with Crippen LogP contribution in [0.25, 0.3) is 11.6 Å². The van der Waals surface area contributed by atoms with Gasteiger partial charge >= 0.3 is 0 Å². The number of amides is 1. The molecule has 0 unspecified atom stereocenters. The monoisotopic (exact) mass is 329 g/mol. The number of nitrogens with zero attached hydrogens (tertiary/aromatic N) is 5. The number of carbonyl (C=O) groups is 1. The Morgan fingerprint density at radius 1 is 1.25 bits per heavy atom. The molecule has 0 aromatic carbocycles. The zero-order chi connectivity index (χ0) is 16.7. The van der Waals surface area contributed by atoms with Crippen molar-refractivity contribution in [3.8, 4) is 11.6 Å². The van der Waals surface area contributed by atoms with Crippen molar-refractivity contribution in [2.24, 2.45) is 13.0 Å². The average Bonchev–Trinajstić information content (AvgIpc) is 3.18. The van der Waals surface area contributed by atoms with Crippen molar-refractivity contribution in [2.45, 2.75) is 52.0 Å². The minimum Gasteiger partial charge on any atom is -0.338 e. The predicted molar refractivity (Wildman–Crippen MR) is 86.9 cm³/mol. The van der Waals surface area contributed by atoms with E-state index in [2.05, 4.69) is 15.2 Å². The highest BCUT2D eigenvalue weighted by atomic mass is 16.5. The summed E-state index contributed by atoms with van der Waals surface area (Å²) in [5.41, 5.74) is 2.93. The molecule has 1 aliphatic heterocycles. The third-order valence-corrected chi connectivity index (χ3v) is 5.24. The molecule has 2 aromatic rings. The Labute approximate surface area is 141 Å². The van der Waals surface area contributed by atoms with Gasteiger partial charge in [-0.05, 0) is 19.8 Å². The van der Waals surface area contributed by atoms with Gasteiger partial charge in [0.1, 0.15) is 0 Å². The second-order valence-corrected chi connectivity index (χ2v) is 6.89. The Bertz CT molecular complexity index is 757. The van der Waals surface area contributed by atoms with Crippen LogP contribution in [0.1, 0.15) is 49.2 Å². The predicted octanol–water partition coefficient (Wildman–Crippen LogP) is 2.24. The standard InChI is InChI=1S/C17H23N5O2/c1-11-18-16(24-20-11)15-13-10-22(9-8-14(13)21(2)19-15)17(23)12-6-4-3-5-7-12/h12H,3-10H2,1-2H3. The van der Waals surface area contributed by atoms with Gasteiger partial charge < -0.3 is 9.42 Å². The molecule has 1 fully saturated rings. The van der Waals surface area contributed by atoms with Gasteiger partial charge in [-0.1, -0.05) is 24.4 Å². The van der Waals surface area contributed by atoms with Gasteiger partial charge in [-0.25, -0.2) is 0 Å². The summed E-state index contributed by atoms with van der Waals surface area (Å²) in [4.78, 5) is 19.2. The summed E-state index contributed by atoms with van der Waals surface area (Å²) in [6, 6.07) is 0. The highest BCUT2D eigenvalue weighted by Crippen LogP contribution is 2.31. The summed E-state index contributed by atoms with van der Waals surface area (Å²) >= 11 is 0. The van der Waals surface area contributed by atoms with Gasteiger partial charge in [-0.2, -0.15) is 10.1 Å². The largest absolute Gasteiger partial charge is 0.338 e. The summed E-state index contributed by atoms with van der Waals surface area (Å²) < 4.78 is 7.18. The van der Waals surface area contributed by atoms with Gasteiger partial charge in [-0.15, -0.1) is 0 Å². The van der Waals surface area contributed by atoms with Gasteiger partial charge in [0, 0.05) is 43.7 Å². The van der Waals surface area contributed by atoms with E-state index < -0.39 is 0 Å². The van der Waals surface area contributed by atoms with Crippen LogP contribution in [-0.4, -0.2) is 37.3 Å². The van der Waals surface area contributed by atoms with E-state index in [9.17, 15) is 4.79 Å². The maximum Gasteiger partial charge on any atom is 0.278 e. The first-order valence-electron chi connectivity index (χ1n) is 8.77. The summed E-state index contributed by atoms with van der Waals surface area (Å²) in [5, 5.41) is 8.43. The molecule has 7 heteroatoms. The molecule has 24 heavy (non-hydrogen) atoms. The topological polar surface area (TPSA) is 77.0 Å². The van der Waals surface area contributed by atoms with Crippen LogP contribution in [0.4, 0.5) is 0 Å². The van der Waals surface area contributed by atoms with Crippen molar-refractivity contribution in [3.63, 3.8) is 0 Å². The fraction of sp³-hybridized carbons (Fsp3) is 0.647. The lowest BCUT2D eigenvalue weighted by molar-refractivity contribution is -0.137. The molecule has 0 bridgehead atoms. The maximum absolute atomic E-state index is 12.9. The van der Waals surface area contributed by atoms with Crippen LogP contribution >= 0.6 is 0 Å². The van der Waals surface area contributed by atoms with Crippen LogP contribution in [0.3, 0.4) is 0 Å². The van der Waals surface area contributed by atoms with Crippen LogP contribution in [0.15, 0.2) is 4.52 Å². The van der Waals surface area contributed by atoms with Crippen molar-refractivity contribution in [1.82, 2.24) is 24.8 Å². The highest BCUT2D eigenvalue weighted by Gasteiger charge is 2.32. The third kappa shape index (κ3) is 2.61. The molecule has 0 spiro atoms. The molecule has 3 heterocycles. The number of fused-ring (bicyclic) bond motifs is 1. The number of hydrogen-bond acceptors (Lipinski definition) is 5. The van der Waals surface area contributed by atoms with Crippen LogP contribution < -0.4 is 0 Å². The van der Waals surface area contributed by atoms with Crippen molar-refractivity contribution < 1.29 is 9.32 Å². The van der Waals surface area contributed by atoms with E-state index in [0.29, 0.717) is 29.9 Å². The molecular weight excluding hydrogens is 306 g/mol. The van der Waals surface area contributed by atoms with E-state index in [4.69, 9.17) is 4.52 Å². The zero-order valence-electron chi connectivity index (χ0n) is 14.3. The van der Waals surface area contributed by atoms with Crippen molar-refractivity contribution in [1.29, 1.82) is 0 Å². The zero-order valence-corrected chi connectivity index (χ0v) is 14.3. The number of rotatable bonds is 2. The van der Waals surface area contributed by atoms with E-state index in [0.717, 1.165) is 37.1 Å². The molecule has 7 nitrogen and oxygen atoms in total. The normalized spacial score (nSPS) is 18.7. The lowest BCUT2D eigenvalue weighted by atomic mass is 9.87. The Morgan fingerprint density at radius 2 is 2.04 bits per heavy atom. The summed E-state index contributed by atoms with van der Waals surface area (Å²) in [6.45, 7) is 3.15. The molecule has 2 aromatic heterocycles. The number of hydrogen-bond donors (Lipinski definition) is 0. The van der Waals surface area contributed by atoms with Crippen LogP contribution in [0.2, 0.25) is 0 Å². The Balaban J connectivity index is 1.60. The fourth-order valence-corrected chi connectivity index (χ4v) is 3.95. The number of carbonyl (C=O) groups excluding carboxylic acids is 1. The maximum atomic E-state index is 12.9. The van der Waals surface area contributed by atoms with Crippen molar-refractivity contribution >= 4 is 5.91 Å². The molecule has 0 atom stereocenters. The summed E-state index contributed by atoms with van der Waals surface area (Å²) in [7, 11) is 1.93. The molecule has 1 saturated carbocycles. The van der Waals surface area contributed by atoms with Crippen molar-refractivity contribution in [3.05, 3.63) is 17.1 Å². The second kappa shape index (κ2) is 6.03. The SMILES string of the molecule is Cc1noc(-c2nn(C)c3c2CN(C(=O)C2CCCCC2)CC3)n1. The highest BCUT2D eigenvalue weighted by molar-refractivity contribution is 5.79. The molecule has 0 saturated heterocycles. The Hall–Kier alpha value is -2.18. The van der Waals surface area contributed by atoms with E-state index in [1.54, 1.807) is 6.92 Å². The smallest absolute Gasteiger partial charge is 0.278 e. The van der Waals surface area contributed by atoms with E-state index in [1.165, 1.54) is 19.3 Å². The first-order valence-corrected chi connectivity index (χ1v) is 8.77. The van der Waals surface area contributed by atoms with Gasteiger partial charge in [0.15, 0.2) is 11.5 Å². The second-order valence-electron chi connectivity index (χ2n) is 6.89. The number of aryl methyl sites for hydroxylation is 2. The van der Waals surface area contributed by atoms with Crippen molar-refractivity contribution in [2.75, 3.05) is 6.54 Å². The Morgan fingerprint density at radius 3 is 2.75 bits per heavy atom. The van der Waals surface area contributed by atoms with E-state index in [1.807, 2.05) is 16.6 Å². The van der Waals surface area contributed by atoms with E-state index in [-0.39, 0.29) is 5.92 Å². The van der Waals surface area contributed by atoms with Gasteiger partial charge in [0.25, 0.3) is 5.89 Å². The first kappa shape index (κ1) is 15.4. The van der Waals surface area contributed by atoms with Gasteiger partial charge in [0.2, 0.25) is 5.91 Å². The van der Waals surface area contributed by atoms with Gasteiger partial charge in [-0.3, -0.25) is 9.48 Å². The molecule has 1 amide bonds. The summed E-state index contributed by atoms with van der Waals surface area (Å²) in [5.74, 6) is 1.54. The molecule has 0 radical (unpaired) electrons. The van der Waals surface area contributed by atoms with Gasteiger partial charge in [0.05, 0.1) is 0 Å². The van der Waals surface area contributed by atoms with Crippen LogP contribution in [0.5, 0.6) is 0 Å². The minimum absolute atomic E-state index is 0.200. The fourth-order valence-electron chi connectivity index (χ4n) is 3.95. The average molecular weight is 329 g/mol. The molecule has 2 aliphatic rings. The summed E-state index contributed by atoms with van der Waals surface area (Å²) in [6.07, 6.45) is 6.50. The molecular formula is C17H23N5O2. The molecule has 0 N–H and O–H groups in total. The van der Waals surface area contributed by atoms with Crippen LogP contribution in [-0.2, 0) is 24.8 Å². The number of aromatic nitrogens is 4. The lowest BCUT2D eigenvalue weighted by Gasteiger charge is -2.32. The molecule has 4 rings (SSSR count). The quantitative estimate of drug-likeness (QED) is 0.844. The third-order valence-electron chi connectivity index (χ3n) is 5.24. The molecule has 1 aliphatic carbocycles. The first-order chi connectivity index (χ1) is 11.6.